The lowest BCUT2D eigenvalue weighted by Crippen LogP contribution is -2.37. The molecule has 0 saturated heterocycles. The van der Waals surface area contributed by atoms with E-state index in [-0.39, 0.29) is 17.9 Å². The Hall–Kier alpha value is -2.39. The van der Waals surface area contributed by atoms with E-state index in [2.05, 4.69) is 41.7 Å². The van der Waals surface area contributed by atoms with Gasteiger partial charge in [-0.05, 0) is 55.5 Å². The average Bonchev–Trinajstić information content (AvgIpc) is 3.05. The Bertz CT molecular complexity index is 935. The summed E-state index contributed by atoms with van der Waals surface area (Å²) in [7, 11) is 1.58. The Labute approximate surface area is 274 Å². The zero-order chi connectivity index (χ0) is 34.8. The second-order valence-corrected chi connectivity index (χ2v) is 9.61. The van der Waals surface area contributed by atoms with Crippen molar-refractivity contribution in [2.24, 2.45) is 0 Å². The first-order valence-electron chi connectivity index (χ1n) is 16.4. The van der Waals surface area contributed by atoms with Gasteiger partial charge in [0.1, 0.15) is 12.4 Å². The van der Waals surface area contributed by atoms with E-state index in [1.54, 1.807) is 25.8 Å². The molecule has 0 fully saturated rings. The fourth-order valence-corrected chi connectivity index (χ4v) is 4.29. The van der Waals surface area contributed by atoms with E-state index >= 15 is 0 Å². The van der Waals surface area contributed by atoms with E-state index in [0.717, 1.165) is 36.3 Å². The molecule has 0 saturated carbocycles. The minimum Gasteiger partial charge on any atom is -0.372 e. The highest BCUT2D eigenvalue weighted by Gasteiger charge is 2.16. The van der Waals surface area contributed by atoms with Crippen LogP contribution in [0.5, 0.6) is 0 Å². The third-order valence-electron chi connectivity index (χ3n) is 5.33. The van der Waals surface area contributed by atoms with Crippen molar-refractivity contribution in [3.63, 3.8) is 0 Å². The third kappa shape index (κ3) is 27.2. The van der Waals surface area contributed by atoms with Crippen LogP contribution in [0, 0.1) is 0 Å². The Kier molecular flexibility index (Phi) is 40.6. The second kappa shape index (κ2) is 36.8. The summed E-state index contributed by atoms with van der Waals surface area (Å²) < 4.78 is 5.32. The summed E-state index contributed by atoms with van der Waals surface area (Å²) in [5.74, 6) is 1.67. The topological polar surface area (TPSA) is 99.1 Å². The lowest BCUT2D eigenvalue weighted by molar-refractivity contribution is -0.131. The predicted molar refractivity (Wildman–Crippen MR) is 194 cm³/mol. The van der Waals surface area contributed by atoms with Gasteiger partial charge in [0, 0.05) is 45.2 Å². The van der Waals surface area contributed by atoms with Gasteiger partial charge in [-0.2, -0.15) is 11.8 Å². The van der Waals surface area contributed by atoms with Gasteiger partial charge in [0.2, 0.25) is 11.8 Å². The number of thioether (sulfide) groups is 1. The number of aliphatic hydroxyl groups is 2. The van der Waals surface area contributed by atoms with Gasteiger partial charge in [-0.1, -0.05) is 104 Å². The SMILES string of the molecule is C/C=C/CCCC(OC)C(=O)NCCSCCN(Cc1ccc2ccccc2c1)C(C)=O.CC.CC.CC.CC.CC(O)O. The first-order chi connectivity index (χ1) is 21.3. The zero-order valence-corrected chi connectivity index (χ0v) is 30.8. The van der Waals surface area contributed by atoms with Gasteiger partial charge in [0.15, 0.2) is 0 Å². The summed E-state index contributed by atoms with van der Waals surface area (Å²) in [5.41, 5.74) is 1.14. The molecule has 2 rings (SSSR count). The Balaban J connectivity index is -0.000000584. The van der Waals surface area contributed by atoms with Crippen LogP contribution in [0.15, 0.2) is 54.6 Å². The molecule has 44 heavy (non-hydrogen) atoms. The number of fused-ring (bicyclic) bond motifs is 1. The van der Waals surface area contributed by atoms with E-state index < -0.39 is 6.29 Å². The van der Waals surface area contributed by atoms with E-state index in [1.807, 2.05) is 85.4 Å². The van der Waals surface area contributed by atoms with Crippen LogP contribution in [0.2, 0.25) is 0 Å². The van der Waals surface area contributed by atoms with Crippen molar-refractivity contribution >= 4 is 34.3 Å². The van der Waals surface area contributed by atoms with Crippen molar-refractivity contribution in [2.75, 3.05) is 31.7 Å². The first kappa shape index (κ1) is 48.5. The summed E-state index contributed by atoms with van der Waals surface area (Å²) in [6, 6.07) is 14.6. The number of carbonyl (C=O) groups is 2. The number of unbranched alkanes of at least 4 members (excludes halogenated alkanes) is 1. The lowest BCUT2D eigenvalue weighted by Gasteiger charge is -2.21. The van der Waals surface area contributed by atoms with Crippen molar-refractivity contribution < 1.29 is 24.5 Å². The van der Waals surface area contributed by atoms with Crippen LogP contribution in [-0.4, -0.2) is 71.0 Å². The molecule has 256 valence electrons. The maximum absolute atomic E-state index is 12.2. The number of nitrogens with zero attached hydrogens (tertiary/aromatic N) is 1. The molecule has 0 heterocycles. The minimum atomic E-state index is -1.17. The van der Waals surface area contributed by atoms with Gasteiger partial charge < -0.3 is 25.2 Å². The average molecular weight is 639 g/mol. The first-order valence-corrected chi connectivity index (χ1v) is 17.5. The van der Waals surface area contributed by atoms with Crippen LogP contribution < -0.4 is 5.32 Å². The third-order valence-corrected chi connectivity index (χ3v) is 6.30. The van der Waals surface area contributed by atoms with Crippen LogP contribution >= 0.6 is 11.8 Å². The standard InChI is InChI=1S/C26H36N2O3S.C2H6O2.4C2H6/c1-4-5-6-7-12-25(31-3)26(30)27-15-17-32-18-16-28(21(2)29)20-22-13-14-23-10-8-9-11-24(23)19-22;1-2(3)4;4*1-2/h4-5,8-11,13-14,19,25H,6-7,12,15-18,20H2,1-3H3,(H,27,30);2-4H,1H3;4*1-2H3/b5-4+;;;;;. The zero-order valence-electron chi connectivity index (χ0n) is 30.0. The molecule has 2 aromatic carbocycles. The molecular formula is C36H66N2O5S. The number of nitrogens with one attached hydrogen (secondary N) is 1. The highest BCUT2D eigenvalue weighted by atomic mass is 32.2. The van der Waals surface area contributed by atoms with Gasteiger partial charge in [0.05, 0.1) is 0 Å². The summed E-state index contributed by atoms with van der Waals surface area (Å²) in [4.78, 5) is 26.2. The minimum absolute atomic E-state index is 0.0461. The quantitative estimate of drug-likeness (QED) is 0.110. The van der Waals surface area contributed by atoms with Crippen molar-refractivity contribution in [3.8, 4) is 0 Å². The van der Waals surface area contributed by atoms with Gasteiger partial charge >= 0.3 is 0 Å². The summed E-state index contributed by atoms with van der Waals surface area (Å²) >= 11 is 1.74. The van der Waals surface area contributed by atoms with E-state index in [0.29, 0.717) is 19.6 Å². The molecule has 1 unspecified atom stereocenters. The lowest BCUT2D eigenvalue weighted by atomic mass is 10.1. The number of hydrogen-bond acceptors (Lipinski definition) is 6. The molecule has 2 aromatic rings. The smallest absolute Gasteiger partial charge is 0.249 e. The number of methoxy groups -OCH3 is 1. The predicted octanol–water partition coefficient (Wildman–Crippen LogP) is 8.22. The molecule has 0 spiro atoms. The fourth-order valence-electron chi connectivity index (χ4n) is 3.49. The number of allylic oxidation sites excluding steroid dienone is 2. The Morgan fingerprint density at radius 1 is 0.955 bits per heavy atom. The summed E-state index contributed by atoms with van der Waals surface area (Å²) in [5, 5.41) is 20.6. The maximum Gasteiger partial charge on any atom is 0.249 e. The number of carbonyl (C=O) groups excluding carboxylic acids is 2. The molecule has 8 heteroatoms. The number of hydrogen-bond donors (Lipinski definition) is 3. The molecule has 0 aliphatic rings. The van der Waals surface area contributed by atoms with Crippen LogP contribution in [0.1, 0.15) is 101 Å². The molecule has 0 aromatic heterocycles. The molecule has 0 bridgehead atoms. The Morgan fingerprint density at radius 3 is 2.05 bits per heavy atom. The van der Waals surface area contributed by atoms with Crippen molar-refractivity contribution in [1.29, 1.82) is 0 Å². The van der Waals surface area contributed by atoms with E-state index in [9.17, 15) is 9.59 Å². The van der Waals surface area contributed by atoms with Crippen LogP contribution in [0.4, 0.5) is 0 Å². The normalized spacial score (nSPS) is 10.2. The molecule has 1 atom stereocenters. The largest absolute Gasteiger partial charge is 0.372 e. The highest BCUT2D eigenvalue weighted by Crippen LogP contribution is 2.17. The molecule has 7 nitrogen and oxygen atoms in total. The summed E-state index contributed by atoms with van der Waals surface area (Å²) in [6.45, 7) is 22.8. The number of rotatable bonds is 14. The number of ether oxygens (including phenoxy) is 1. The molecule has 0 aliphatic carbocycles. The fraction of sp³-hybridized carbons (Fsp3) is 0.611. The van der Waals surface area contributed by atoms with Gasteiger partial charge in [-0.3, -0.25) is 9.59 Å². The van der Waals surface area contributed by atoms with E-state index in [1.165, 1.54) is 17.7 Å². The summed E-state index contributed by atoms with van der Waals surface area (Å²) in [6.07, 6.45) is 5.19. The van der Waals surface area contributed by atoms with Crippen molar-refractivity contribution in [1.82, 2.24) is 10.2 Å². The van der Waals surface area contributed by atoms with Crippen LogP contribution in [-0.2, 0) is 20.9 Å². The second-order valence-electron chi connectivity index (χ2n) is 8.38. The number of amides is 2. The Morgan fingerprint density at radius 2 is 1.52 bits per heavy atom. The molecular weight excluding hydrogens is 572 g/mol. The van der Waals surface area contributed by atoms with Crippen molar-refractivity contribution in [3.05, 3.63) is 60.2 Å². The van der Waals surface area contributed by atoms with E-state index in [4.69, 9.17) is 14.9 Å². The number of benzene rings is 2. The van der Waals surface area contributed by atoms with Gasteiger partial charge in [-0.25, -0.2) is 0 Å². The van der Waals surface area contributed by atoms with Gasteiger partial charge in [0.25, 0.3) is 0 Å². The molecule has 2 amide bonds. The van der Waals surface area contributed by atoms with Crippen molar-refractivity contribution in [2.45, 2.75) is 114 Å². The number of aliphatic hydroxyl groups excluding tert-OH is 1. The monoisotopic (exact) mass is 638 g/mol. The van der Waals surface area contributed by atoms with Gasteiger partial charge in [-0.15, -0.1) is 0 Å². The highest BCUT2D eigenvalue weighted by molar-refractivity contribution is 7.99. The van der Waals surface area contributed by atoms with Crippen LogP contribution in [0.3, 0.4) is 0 Å². The molecule has 0 radical (unpaired) electrons. The molecule has 3 N–H and O–H groups in total. The maximum atomic E-state index is 12.2. The van der Waals surface area contributed by atoms with Crippen LogP contribution in [0.25, 0.3) is 10.8 Å². The molecule has 0 aliphatic heterocycles.